The summed E-state index contributed by atoms with van der Waals surface area (Å²) in [6.45, 7) is 0.623. The van der Waals surface area contributed by atoms with E-state index in [2.05, 4.69) is 10.4 Å². The van der Waals surface area contributed by atoms with Crippen molar-refractivity contribution in [1.29, 1.82) is 0 Å². The van der Waals surface area contributed by atoms with Gasteiger partial charge in [0.25, 0.3) is 5.91 Å². The first-order valence-corrected chi connectivity index (χ1v) is 6.45. The molecule has 1 heterocycles. The van der Waals surface area contributed by atoms with E-state index in [9.17, 15) is 4.79 Å². The SMILES string of the molecule is COc1cccc(N(C)Cc2ccc(C(=O)NN)cn2)c1. The van der Waals surface area contributed by atoms with E-state index >= 15 is 0 Å². The summed E-state index contributed by atoms with van der Waals surface area (Å²) in [6.07, 6.45) is 1.51. The van der Waals surface area contributed by atoms with Crippen LogP contribution in [0, 0.1) is 0 Å². The number of rotatable bonds is 5. The molecule has 21 heavy (non-hydrogen) atoms. The number of pyridine rings is 1. The second-order valence-electron chi connectivity index (χ2n) is 4.57. The summed E-state index contributed by atoms with van der Waals surface area (Å²) in [7, 11) is 3.61. The maximum Gasteiger partial charge on any atom is 0.266 e. The molecule has 2 aromatic rings. The normalized spacial score (nSPS) is 10.0. The predicted molar refractivity (Wildman–Crippen MR) is 81.0 cm³/mol. The van der Waals surface area contributed by atoms with Crippen LogP contribution >= 0.6 is 0 Å². The Morgan fingerprint density at radius 2 is 2.19 bits per heavy atom. The van der Waals surface area contributed by atoms with Crippen molar-refractivity contribution >= 4 is 11.6 Å². The van der Waals surface area contributed by atoms with Crippen molar-refractivity contribution < 1.29 is 9.53 Å². The van der Waals surface area contributed by atoms with Gasteiger partial charge >= 0.3 is 0 Å². The highest BCUT2D eigenvalue weighted by Crippen LogP contribution is 2.21. The summed E-state index contributed by atoms with van der Waals surface area (Å²) < 4.78 is 5.21. The number of hydrazine groups is 1. The molecule has 0 fully saturated rings. The number of anilines is 1. The Bertz CT molecular complexity index is 613. The molecule has 0 aliphatic heterocycles. The van der Waals surface area contributed by atoms with E-state index in [1.54, 1.807) is 19.2 Å². The van der Waals surface area contributed by atoms with E-state index in [0.29, 0.717) is 12.1 Å². The number of nitrogens with zero attached hydrogens (tertiary/aromatic N) is 2. The molecule has 0 unspecified atom stereocenters. The lowest BCUT2D eigenvalue weighted by molar-refractivity contribution is 0.0953. The molecule has 1 aromatic carbocycles. The molecule has 1 aromatic heterocycles. The molecule has 0 aliphatic carbocycles. The fourth-order valence-corrected chi connectivity index (χ4v) is 1.92. The number of amides is 1. The quantitative estimate of drug-likeness (QED) is 0.492. The van der Waals surface area contributed by atoms with Gasteiger partial charge in [0, 0.05) is 25.0 Å². The zero-order valence-corrected chi connectivity index (χ0v) is 12.0. The Morgan fingerprint density at radius 1 is 1.38 bits per heavy atom. The van der Waals surface area contributed by atoms with Gasteiger partial charge in [-0.2, -0.15) is 0 Å². The van der Waals surface area contributed by atoms with Gasteiger partial charge in [0.2, 0.25) is 0 Å². The molecule has 6 nitrogen and oxygen atoms in total. The van der Waals surface area contributed by atoms with Crippen LogP contribution in [0.15, 0.2) is 42.6 Å². The largest absolute Gasteiger partial charge is 0.497 e. The number of ether oxygens (including phenoxy) is 1. The van der Waals surface area contributed by atoms with E-state index < -0.39 is 0 Å². The van der Waals surface area contributed by atoms with Crippen LogP contribution in [-0.4, -0.2) is 25.0 Å². The maximum absolute atomic E-state index is 11.3. The molecule has 3 N–H and O–H groups in total. The molecule has 0 saturated carbocycles. The van der Waals surface area contributed by atoms with Crippen molar-refractivity contribution in [2.75, 3.05) is 19.1 Å². The number of methoxy groups -OCH3 is 1. The number of aromatic nitrogens is 1. The van der Waals surface area contributed by atoms with Crippen LogP contribution < -0.4 is 20.9 Å². The monoisotopic (exact) mass is 286 g/mol. The van der Waals surface area contributed by atoms with E-state index in [1.165, 1.54) is 6.20 Å². The third-order valence-corrected chi connectivity index (χ3v) is 3.11. The Balaban J connectivity index is 2.08. The van der Waals surface area contributed by atoms with E-state index in [1.807, 2.05) is 36.2 Å². The molecular weight excluding hydrogens is 268 g/mol. The average molecular weight is 286 g/mol. The summed E-state index contributed by atoms with van der Waals surface area (Å²) in [5.41, 5.74) is 4.40. The van der Waals surface area contributed by atoms with Gasteiger partial charge in [0.15, 0.2) is 0 Å². The van der Waals surface area contributed by atoms with Gasteiger partial charge < -0.3 is 9.64 Å². The first-order valence-electron chi connectivity index (χ1n) is 6.45. The average Bonchev–Trinajstić information content (AvgIpc) is 2.54. The molecule has 110 valence electrons. The van der Waals surface area contributed by atoms with Gasteiger partial charge in [-0.15, -0.1) is 0 Å². The number of hydrogen-bond donors (Lipinski definition) is 2. The molecule has 1 amide bonds. The molecule has 0 saturated heterocycles. The van der Waals surface area contributed by atoms with Gasteiger partial charge in [-0.25, -0.2) is 5.84 Å². The van der Waals surface area contributed by atoms with Gasteiger partial charge in [-0.3, -0.25) is 15.2 Å². The van der Waals surface area contributed by atoms with Crippen molar-refractivity contribution in [2.24, 2.45) is 5.84 Å². The zero-order chi connectivity index (χ0) is 15.2. The molecule has 6 heteroatoms. The third kappa shape index (κ3) is 3.70. The first kappa shape index (κ1) is 14.8. The fourth-order valence-electron chi connectivity index (χ4n) is 1.92. The standard InChI is InChI=1S/C15H18N4O2/c1-19(13-4-3-5-14(8-13)21-2)10-12-7-6-11(9-17-12)15(20)18-16/h3-9H,10,16H2,1-2H3,(H,18,20). The highest BCUT2D eigenvalue weighted by molar-refractivity contribution is 5.93. The Hall–Kier alpha value is -2.60. The lowest BCUT2D eigenvalue weighted by Crippen LogP contribution is -2.30. The van der Waals surface area contributed by atoms with Crippen molar-refractivity contribution in [3.63, 3.8) is 0 Å². The zero-order valence-electron chi connectivity index (χ0n) is 12.0. The first-order chi connectivity index (χ1) is 10.1. The summed E-state index contributed by atoms with van der Waals surface area (Å²) in [5, 5.41) is 0. The van der Waals surface area contributed by atoms with Crippen molar-refractivity contribution in [2.45, 2.75) is 6.54 Å². The van der Waals surface area contributed by atoms with Crippen LogP contribution in [0.1, 0.15) is 16.1 Å². The number of nitrogens with one attached hydrogen (secondary N) is 1. The van der Waals surface area contributed by atoms with Crippen LogP contribution in [0.5, 0.6) is 5.75 Å². The van der Waals surface area contributed by atoms with Gasteiger partial charge in [0.05, 0.1) is 24.9 Å². The summed E-state index contributed by atoms with van der Waals surface area (Å²) in [6, 6.07) is 11.3. The predicted octanol–water partition coefficient (Wildman–Crippen LogP) is 1.33. The third-order valence-electron chi connectivity index (χ3n) is 3.11. The Kier molecular flexibility index (Phi) is 4.73. The van der Waals surface area contributed by atoms with Crippen LogP contribution in [0.3, 0.4) is 0 Å². The number of carbonyl (C=O) groups is 1. The second kappa shape index (κ2) is 6.71. The van der Waals surface area contributed by atoms with Crippen LogP contribution in [0.25, 0.3) is 0 Å². The highest BCUT2D eigenvalue weighted by Gasteiger charge is 2.07. The minimum atomic E-state index is -0.352. The van der Waals surface area contributed by atoms with Crippen molar-refractivity contribution in [3.8, 4) is 5.75 Å². The maximum atomic E-state index is 11.3. The van der Waals surface area contributed by atoms with Gasteiger partial charge in [0.1, 0.15) is 5.75 Å². The topological polar surface area (TPSA) is 80.5 Å². The molecule has 0 aliphatic rings. The van der Waals surface area contributed by atoms with E-state index in [4.69, 9.17) is 10.6 Å². The van der Waals surface area contributed by atoms with Gasteiger partial charge in [-0.1, -0.05) is 6.07 Å². The lowest BCUT2D eigenvalue weighted by atomic mass is 10.2. The number of nitrogen functional groups attached to an aromatic ring is 1. The summed E-state index contributed by atoms with van der Waals surface area (Å²) in [4.78, 5) is 17.7. The van der Waals surface area contributed by atoms with Crippen LogP contribution in [0.4, 0.5) is 5.69 Å². The molecule has 2 rings (SSSR count). The number of carbonyl (C=O) groups excluding carboxylic acids is 1. The van der Waals surface area contributed by atoms with E-state index in [-0.39, 0.29) is 5.91 Å². The number of nitrogens with two attached hydrogens (primary N) is 1. The van der Waals surface area contributed by atoms with E-state index in [0.717, 1.165) is 17.1 Å². The Labute approximate surface area is 123 Å². The van der Waals surface area contributed by atoms with Crippen molar-refractivity contribution in [3.05, 3.63) is 53.9 Å². The smallest absolute Gasteiger partial charge is 0.266 e. The van der Waals surface area contributed by atoms with Crippen LogP contribution in [-0.2, 0) is 6.54 Å². The molecule has 0 atom stereocenters. The van der Waals surface area contributed by atoms with Crippen molar-refractivity contribution in [1.82, 2.24) is 10.4 Å². The second-order valence-corrected chi connectivity index (χ2v) is 4.57. The Morgan fingerprint density at radius 3 is 2.81 bits per heavy atom. The highest BCUT2D eigenvalue weighted by atomic mass is 16.5. The minimum Gasteiger partial charge on any atom is -0.497 e. The fraction of sp³-hybridized carbons (Fsp3) is 0.200. The number of benzene rings is 1. The van der Waals surface area contributed by atoms with Crippen LogP contribution in [0.2, 0.25) is 0 Å². The summed E-state index contributed by atoms with van der Waals surface area (Å²) >= 11 is 0. The number of hydrogen-bond acceptors (Lipinski definition) is 5. The molecule has 0 radical (unpaired) electrons. The minimum absolute atomic E-state index is 0.352. The lowest BCUT2D eigenvalue weighted by Gasteiger charge is -2.19. The summed E-state index contributed by atoms with van der Waals surface area (Å²) in [5.74, 6) is 5.53. The molecule has 0 spiro atoms. The van der Waals surface area contributed by atoms with Gasteiger partial charge in [-0.05, 0) is 24.3 Å². The molecule has 0 bridgehead atoms. The molecular formula is C15H18N4O2.